The summed E-state index contributed by atoms with van der Waals surface area (Å²) < 4.78 is 10.9. The first-order chi connectivity index (χ1) is 11.3. The maximum Gasteiger partial charge on any atom is 0.224 e. The number of carbonyl (C=O) groups is 1. The van der Waals surface area contributed by atoms with E-state index in [2.05, 4.69) is 17.4 Å². The Morgan fingerprint density at radius 1 is 1.22 bits per heavy atom. The molecule has 0 saturated carbocycles. The molecule has 1 atom stereocenters. The summed E-state index contributed by atoms with van der Waals surface area (Å²) in [6.07, 6.45) is 1.24. The van der Waals surface area contributed by atoms with Crippen LogP contribution in [0.4, 0.5) is 0 Å². The highest BCUT2D eigenvalue weighted by Crippen LogP contribution is 2.26. The van der Waals surface area contributed by atoms with Crippen molar-refractivity contribution in [2.24, 2.45) is 0 Å². The molecule has 0 spiro atoms. The molecule has 0 bridgehead atoms. The zero-order chi connectivity index (χ0) is 16.1. The van der Waals surface area contributed by atoms with Crippen molar-refractivity contribution in [3.63, 3.8) is 0 Å². The Labute approximate surface area is 136 Å². The second-order valence-corrected chi connectivity index (χ2v) is 5.64. The van der Waals surface area contributed by atoms with Crippen molar-refractivity contribution < 1.29 is 14.3 Å². The molecule has 4 nitrogen and oxygen atoms in total. The smallest absolute Gasteiger partial charge is 0.224 e. The van der Waals surface area contributed by atoms with Crippen LogP contribution in [0.3, 0.4) is 0 Å². The molecule has 1 aliphatic rings. The molecule has 1 aliphatic heterocycles. The van der Waals surface area contributed by atoms with Gasteiger partial charge in [0.15, 0.2) is 0 Å². The summed E-state index contributed by atoms with van der Waals surface area (Å²) in [6, 6.07) is 15.8. The lowest BCUT2D eigenvalue weighted by Crippen LogP contribution is -2.32. The summed E-state index contributed by atoms with van der Waals surface area (Å²) in [4.78, 5) is 12.1. The average molecular weight is 311 g/mol. The van der Waals surface area contributed by atoms with E-state index in [-0.39, 0.29) is 12.0 Å². The van der Waals surface area contributed by atoms with E-state index in [0.717, 1.165) is 17.7 Å². The van der Waals surface area contributed by atoms with Crippen LogP contribution in [0.5, 0.6) is 5.75 Å². The highest BCUT2D eigenvalue weighted by atomic mass is 16.5. The van der Waals surface area contributed by atoms with Crippen LogP contribution in [0.15, 0.2) is 48.5 Å². The largest absolute Gasteiger partial charge is 0.497 e. The van der Waals surface area contributed by atoms with Crippen molar-refractivity contribution >= 4 is 5.91 Å². The molecule has 2 aromatic carbocycles. The highest BCUT2D eigenvalue weighted by Gasteiger charge is 2.20. The molecule has 0 fully saturated rings. The fourth-order valence-corrected chi connectivity index (χ4v) is 2.84. The van der Waals surface area contributed by atoms with Crippen LogP contribution < -0.4 is 10.1 Å². The number of hydrogen-bond donors (Lipinski definition) is 1. The number of fused-ring (bicyclic) bond motifs is 1. The lowest BCUT2D eigenvalue weighted by molar-refractivity contribution is -0.121. The third-order valence-electron chi connectivity index (χ3n) is 4.10. The molecule has 120 valence electrons. The summed E-state index contributed by atoms with van der Waals surface area (Å²) >= 11 is 0. The van der Waals surface area contributed by atoms with Gasteiger partial charge in [-0.3, -0.25) is 4.79 Å². The SMILES string of the molecule is COc1ccc(CC(=O)NC[C@@H]2OCCc3ccccc32)cc1. The number of carbonyl (C=O) groups excluding carboxylic acids is 1. The highest BCUT2D eigenvalue weighted by molar-refractivity contribution is 5.78. The van der Waals surface area contributed by atoms with Crippen molar-refractivity contribution in [1.82, 2.24) is 5.32 Å². The third-order valence-corrected chi connectivity index (χ3v) is 4.10. The van der Waals surface area contributed by atoms with Crippen molar-refractivity contribution in [1.29, 1.82) is 0 Å². The predicted octanol–water partition coefficient (Wildman–Crippen LogP) is 2.67. The maximum atomic E-state index is 12.1. The van der Waals surface area contributed by atoms with Gasteiger partial charge in [0, 0.05) is 6.54 Å². The van der Waals surface area contributed by atoms with Gasteiger partial charge >= 0.3 is 0 Å². The van der Waals surface area contributed by atoms with Crippen molar-refractivity contribution in [2.45, 2.75) is 18.9 Å². The van der Waals surface area contributed by atoms with Crippen LogP contribution >= 0.6 is 0 Å². The summed E-state index contributed by atoms with van der Waals surface area (Å²) in [6.45, 7) is 1.21. The van der Waals surface area contributed by atoms with Gasteiger partial charge in [-0.15, -0.1) is 0 Å². The van der Waals surface area contributed by atoms with Gasteiger partial charge in [-0.25, -0.2) is 0 Å². The summed E-state index contributed by atoms with van der Waals surface area (Å²) in [5.74, 6) is 0.795. The van der Waals surface area contributed by atoms with Gasteiger partial charge in [-0.1, -0.05) is 36.4 Å². The normalized spacial score (nSPS) is 16.5. The van der Waals surface area contributed by atoms with Crippen LogP contribution in [-0.2, 0) is 22.4 Å². The van der Waals surface area contributed by atoms with Crippen LogP contribution in [0, 0.1) is 0 Å². The van der Waals surface area contributed by atoms with Crippen molar-refractivity contribution in [2.75, 3.05) is 20.3 Å². The lowest BCUT2D eigenvalue weighted by Gasteiger charge is -2.26. The zero-order valence-electron chi connectivity index (χ0n) is 13.2. The molecule has 0 saturated heterocycles. The molecule has 3 rings (SSSR count). The van der Waals surface area contributed by atoms with Gasteiger partial charge in [0.1, 0.15) is 11.9 Å². The Morgan fingerprint density at radius 3 is 2.78 bits per heavy atom. The molecule has 1 heterocycles. The Morgan fingerprint density at radius 2 is 2.00 bits per heavy atom. The Kier molecular flexibility index (Phi) is 4.93. The minimum absolute atomic E-state index is 0.00169. The third kappa shape index (κ3) is 3.90. The number of ether oxygens (including phenoxy) is 2. The van der Waals surface area contributed by atoms with Crippen LogP contribution in [0.2, 0.25) is 0 Å². The summed E-state index contributed by atoms with van der Waals surface area (Å²) in [5, 5.41) is 2.98. The quantitative estimate of drug-likeness (QED) is 0.923. The van der Waals surface area contributed by atoms with Crippen LogP contribution in [-0.4, -0.2) is 26.2 Å². The molecule has 1 N–H and O–H groups in total. The second-order valence-electron chi connectivity index (χ2n) is 5.64. The van der Waals surface area contributed by atoms with Crippen molar-refractivity contribution in [3.8, 4) is 5.75 Å². The minimum atomic E-state index is -0.0558. The molecule has 2 aromatic rings. The Balaban J connectivity index is 1.55. The van der Waals surface area contributed by atoms with Gasteiger partial charge in [0.25, 0.3) is 0 Å². The lowest BCUT2D eigenvalue weighted by atomic mass is 9.97. The van der Waals surface area contributed by atoms with Gasteiger partial charge in [-0.2, -0.15) is 0 Å². The minimum Gasteiger partial charge on any atom is -0.497 e. The van der Waals surface area contributed by atoms with Gasteiger partial charge in [0.05, 0.1) is 20.1 Å². The van der Waals surface area contributed by atoms with E-state index in [1.807, 2.05) is 36.4 Å². The van der Waals surface area contributed by atoms with Gasteiger partial charge in [-0.05, 0) is 35.2 Å². The standard InChI is InChI=1S/C19H21NO3/c1-22-16-8-6-14(7-9-16)12-19(21)20-13-18-17-5-3-2-4-15(17)10-11-23-18/h2-9,18H,10-13H2,1H3,(H,20,21)/t18-/m0/s1. The first-order valence-corrected chi connectivity index (χ1v) is 7.85. The van der Waals surface area contributed by atoms with Crippen LogP contribution in [0.1, 0.15) is 22.8 Å². The first-order valence-electron chi connectivity index (χ1n) is 7.85. The first kappa shape index (κ1) is 15.6. The van der Waals surface area contributed by atoms with Gasteiger partial charge < -0.3 is 14.8 Å². The zero-order valence-corrected chi connectivity index (χ0v) is 13.2. The van der Waals surface area contributed by atoms with E-state index in [1.165, 1.54) is 11.1 Å². The Hall–Kier alpha value is -2.33. The molecule has 0 aromatic heterocycles. The number of rotatable bonds is 5. The summed E-state index contributed by atoms with van der Waals surface area (Å²) in [5.41, 5.74) is 3.46. The molecule has 0 radical (unpaired) electrons. The van der Waals surface area contributed by atoms with Crippen LogP contribution in [0.25, 0.3) is 0 Å². The van der Waals surface area contributed by atoms with E-state index in [1.54, 1.807) is 7.11 Å². The molecule has 0 unspecified atom stereocenters. The number of methoxy groups -OCH3 is 1. The monoisotopic (exact) mass is 311 g/mol. The van der Waals surface area contributed by atoms with E-state index < -0.39 is 0 Å². The molecular weight excluding hydrogens is 290 g/mol. The fraction of sp³-hybridized carbons (Fsp3) is 0.316. The summed E-state index contributed by atoms with van der Waals surface area (Å²) in [7, 11) is 1.63. The number of hydrogen-bond acceptors (Lipinski definition) is 3. The fourth-order valence-electron chi connectivity index (χ4n) is 2.84. The number of amides is 1. The molecular formula is C19H21NO3. The second kappa shape index (κ2) is 7.29. The van der Waals surface area contributed by atoms with Crippen molar-refractivity contribution in [3.05, 3.63) is 65.2 Å². The number of benzene rings is 2. The molecule has 23 heavy (non-hydrogen) atoms. The van der Waals surface area contributed by atoms with E-state index >= 15 is 0 Å². The Bertz CT molecular complexity index is 667. The molecule has 0 aliphatic carbocycles. The van der Waals surface area contributed by atoms with E-state index in [4.69, 9.17) is 9.47 Å². The van der Waals surface area contributed by atoms with E-state index in [9.17, 15) is 4.79 Å². The predicted molar refractivity (Wildman–Crippen MR) is 88.5 cm³/mol. The molecule has 1 amide bonds. The van der Waals surface area contributed by atoms with E-state index in [0.29, 0.717) is 19.6 Å². The topological polar surface area (TPSA) is 47.6 Å². The molecule has 4 heteroatoms. The number of nitrogens with one attached hydrogen (secondary N) is 1. The maximum absolute atomic E-state index is 12.1. The van der Waals surface area contributed by atoms with Gasteiger partial charge in [0.2, 0.25) is 5.91 Å². The average Bonchev–Trinajstić information content (AvgIpc) is 2.60.